The van der Waals surface area contributed by atoms with Crippen molar-refractivity contribution in [1.82, 2.24) is 14.8 Å². The third kappa shape index (κ3) is 3.97. The summed E-state index contributed by atoms with van der Waals surface area (Å²) in [4.78, 5) is 16.2. The van der Waals surface area contributed by atoms with Crippen LogP contribution >= 0.6 is 0 Å². The van der Waals surface area contributed by atoms with Crippen molar-refractivity contribution < 1.29 is 23.8 Å². The van der Waals surface area contributed by atoms with Crippen LogP contribution in [-0.2, 0) is 18.4 Å². The van der Waals surface area contributed by atoms with Crippen molar-refractivity contribution in [1.29, 1.82) is 0 Å². The lowest BCUT2D eigenvalue weighted by Gasteiger charge is -2.19. The van der Waals surface area contributed by atoms with Crippen molar-refractivity contribution >= 4 is 11.8 Å². The predicted molar refractivity (Wildman–Crippen MR) is 108 cm³/mol. The number of aliphatic hydroxyl groups excluding tert-OH is 1. The smallest absolute Gasteiger partial charge is 0.338 e. The van der Waals surface area contributed by atoms with E-state index in [0.29, 0.717) is 22.5 Å². The number of carbonyl (C=O) groups excluding carboxylic acids is 1. The van der Waals surface area contributed by atoms with E-state index in [1.807, 2.05) is 6.92 Å². The standard InChI is InChI=1S/C21H23FN4O4/c1-11-19(17(10-27)26(3)25-11)13-7-18(20(23)24-9-13)30-12(2)16-8-14(22)5-6-15(16)21(28)29-4/h5-9,12,27H,10H2,1-4H3,(H2,23,24). The monoisotopic (exact) mass is 414 g/mol. The lowest BCUT2D eigenvalue weighted by molar-refractivity contribution is 0.0595. The summed E-state index contributed by atoms with van der Waals surface area (Å²) in [6.45, 7) is 3.29. The molecule has 1 atom stereocenters. The molecule has 3 N–H and O–H groups in total. The Labute approximate surface area is 173 Å². The van der Waals surface area contributed by atoms with E-state index in [0.717, 1.165) is 5.56 Å². The molecule has 0 aliphatic rings. The Morgan fingerprint density at radius 1 is 1.37 bits per heavy atom. The van der Waals surface area contributed by atoms with Crippen LogP contribution in [0.4, 0.5) is 10.2 Å². The largest absolute Gasteiger partial charge is 0.482 e. The maximum atomic E-state index is 13.8. The summed E-state index contributed by atoms with van der Waals surface area (Å²) in [7, 11) is 2.99. The van der Waals surface area contributed by atoms with Crippen molar-refractivity contribution in [2.45, 2.75) is 26.6 Å². The minimum absolute atomic E-state index is 0.133. The topological polar surface area (TPSA) is 112 Å². The first-order valence-corrected chi connectivity index (χ1v) is 9.20. The maximum Gasteiger partial charge on any atom is 0.338 e. The molecule has 0 aliphatic carbocycles. The summed E-state index contributed by atoms with van der Waals surface area (Å²) in [5.74, 6) is -0.716. The maximum absolute atomic E-state index is 13.8. The first kappa shape index (κ1) is 21.3. The number of nitrogens with zero attached hydrogens (tertiary/aromatic N) is 3. The number of hydrogen-bond acceptors (Lipinski definition) is 7. The van der Waals surface area contributed by atoms with Crippen LogP contribution in [0, 0.1) is 12.7 Å². The van der Waals surface area contributed by atoms with Crippen molar-refractivity contribution in [2.75, 3.05) is 12.8 Å². The molecule has 0 saturated heterocycles. The predicted octanol–water partition coefficient (Wildman–Crippen LogP) is 2.93. The second-order valence-electron chi connectivity index (χ2n) is 6.78. The van der Waals surface area contributed by atoms with Gasteiger partial charge in [-0.2, -0.15) is 5.10 Å². The third-order valence-electron chi connectivity index (χ3n) is 4.82. The fraction of sp³-hybridized carbons (Fsp3) is 0.286. The fourth-order valence-corrected chi connectivity index (χ4v) is 3.37. The molecule has 0 amide bonds. The van der Waals surface area contributed by atoms with Crippen LogP contribution in [0.15, 0.2) is 30.5 Å². The van der Waals surface area contributed by atoms with Gasteiger partial charge >= 0.3 is 5.97 Å². The third-order valence-corrected chi connectivity index (χ3v) is 4.82. The molecule has 30 heavy (non-hydrogen) atoms. The molecule has 0 bridgehead atoms. The van der Waals surface area contributed by atoms with E-state index in [1.165, 1.54) is 25.3 Å². The van der Waals surface area contributed by atoms with Crippen LogP contribution in [0.25, 0.3) is 11.1 Å². The van der Waals surface area contributed by atoms with Crippen molar-refractivity contribution in [3.63, 3.8) is 0 Å². The number of aromatic nitrogens is 3. The number of aliphatic hydroxyl groups is 1. The number of methoxy groups -OCH3 is 1. The summed E-state index contributed by atoms with van der Waals surface area (Å²) in [5.41, 5.74) is 9.23. The van der Waals surface area contributed by atoms with Gasteiger partial charge in [0.15, 0.2) is 11.6 Å². The highest BCUT2D eigenvalue weighted by atomic mass is 19.1. The average Bonchev–Trinajstić information content (AvgIpc) is 3.01. The van der Waals surface area contributed by atoms with Crippen LogP contribution in [-0.4, -0.2) is 33.0 Å². The number of ether oxygens (including phenoxy) is 2. The molecular formula is C21H23FN4O4. The molecule has 0 spiro atoms. The number of rotatable bonds is 6. The zero-order chi connectivity index (χ0) is 22.0. The molecule has 158 valence electrons. The molecule has 3 aromatic rings. The summed E-state index contributed by atoms with van der Waals surface area (Å²) in [5, 5.41) is 14.0. The van der Waals surface area contributed by atoms with Crippen LogP contribution in [0.1, 0.15) is 40.3 Å². The van der Waals surface area contributed by atoms with E-state index >= 15 is 0 Å². The van der Waals surface area contributed by atoms with Gasteiger partial charge in [-0.15, -0.1) is 0 Å². The number of anilines is 1. The van der Waals surface area contributed by atoms with Crippen molar-refractivity contribution in [2.24, 2.45) is 7.05 Å². The second-order valence-corrected chi connectivity index (χ2v) is 6.78. The molecule has 1 unspecified atom stereocenters. The summed E-state index contributed by atoms with van der Waals surface area (Å²) < 4.78 is 26.2. The normalized spacial score (nSPS) is 11.9. The molecular weight excluding hydrogens is 391 g/mol. The van der Waals surface area contributed by atoms with Gasteiger partial charge in [-0.1, -0.05) is 0 Å². The molecule has 3 rings (SSSR count). The number of pyridine rings is 1. The SMILES string of the molecule is COC(=O)c1ccc(F)cc1C(C)Oc1cc(-c2c(C)nn(C)c2CO)cnc1N. The van der Waals surface area contributed by atoms with E-state index < -0.39 is 17.9 Å². The number of esters is 1. The van der Waals surface area contributed by atoms with E-state index in [4.69, 9.17) is 15.2 Å². The van der Waals surface area contributed by atoms with Crippen molar-refractivity contribution in [3.8, 4) is 16.9 Å². The van der Waals surface area contributed by atoms with Gasteiger partial charge in [-0.3, -0.25) is 4.68 Å². The number of nitrogens with two attached hydrogens (primary N) is 1. The van der Waals surface area contributed by atoms with Gasteiger partial charge in [0.25, 0.3) is 0 Å². The molecule has 2 heterocycles. The van der Waals surface area contributed by atoms with Gasteiger partial charge in [0.2, 0.25) is 0 Å². The Morgan fingerprint density at radius 3 is 2.77 bits per heavy atom. The molecule has 0 saturated carbocycles. The minimum atomic E-state index is -0.721. The Kier molecular flexibility index (Phi) is 6.02. The number of halogens is 1. The van der Waals surface area contributed by atoms with Gasteiger partial charge in [0.1, 0.15) is 11.9 Å². The van der Waals surface area contributed by atoms with Crippen LogP contribution in [0.5, 0.6) is 5.75 Å². The Bertz CT molecular complexity index is 1100. The molecule has 1 aromatic carbocycles. The zero-order valence-corrected chi connectivity index (χ0v) is 17.1. The molecule has 2 aromatic heterocycles. The van der Waals surface area contributed by atoms with Gasteiger partial charge in [-0.25, -0.2) is 14.2 Å². The molecule has 0 aliphatic heterocycles. The van der Waals surface area contributed by atoms with Crippen LogP contribution in [0.2, 0.25) is 0 Å². The van der Waals surface area contributed by atoms with Gasteiger partial charge < -0.3 is 20.3 Å². The fourth-order valence-electron chi connectivity index (χ4n) is 3.37. The Balaban J connectivity index is 2.00. The molecule has 8 nitrogen and oxygen atoms in total. The number of aryl methyl sites for hydroxylation is 2. The number of nitrogen functional groups attached to an aromatic ring is 1. The number of carbonyl (C=O) groups is 1. The lowest BCUT2D eigenvalue weighted by Crippen LogP contribution is -2.13. The summed E-state index contributed by atoms with van der Waals surface area (Å²) in [6.07, 6.45) is 0.847. The average molecular weight is 414 g/mol. The van der Waals surface area contributed by atoms with E-state index in [2.05, 4.69) is 10.1 Å². The zero-order valence-electron chi connectivity index (χ0n) is 17.1. The quantitative estimate of drug-likeness (QED) is 0.596. The number of hydrogen-bond donors (Lipinski definition) is 2. The highest BCUT2D eigenvalue weighted by Gasteiger charge is 2.21. The highest BCUT2D eigenvalue weighted by Crippen LogP contribution is 2.34. The first-order chi connectivity index (χ1) is 14.3. The number of benzene rings is 1. The Hall–Kier alpha value is -3.46. The summed E-state index contributed by atoms with van der Waals surface area (Å²) >= 11 is 0. The minimum Gasteiger partial charge on any atom is -0.482 e. The molecule has 0 radical (unpaired) electrons. The Morgan fingerprint density at radius 2 is 2.10 bits per heavy atom. The van der Waals surface area contributed by atoms with Crippen LogP contribution in [0.3, 0.4) is 0 Å². The van der Waals surface area contributed by atoms with Crippen LogP contribution < -0.4 is 10.5 Å². The van der Waals surface area contributed by atoms with E-state index in [1.54, 1.807) is 30.9 Å². The van der Waals surface area contributed by atoms with E-state index in [9.17, 15) is 14.3 Å². The summed E-state index contributed by atoms with van der Waals surface area (Å²) in [6, 6.07) is 5.43. The molecule has 0 fully saturated rings. The van der Waals surface area contributed by atoms with E-state index in [-0.39, 0.29) is 23.7 Å². The molecule has 9 heteroatoms. The second kappa shape index (κ2) is 8.50. The highest BCUT2D eigenvalue weighted by molar-refractivity contribution is 5.91. The van der Waals surface area contributed by atoms with Gasteiger partial charge in [0.05, 0.1) is 30.7 Å². The first-order valence-electron chi connectivity index (χ1n) is 9.20. The van der Waals surface area contributed by atoms with Gasteiger partial charge in [0, 0.05) is 29.9 Å². The lowest BCUT2D eigenvalue weighted by atomic mass is 10.0. The van der Waals surface area contributed by atoms with Crippen molar-refractivity contribution in [3.05, 3.63) is 58.8 Å². The van der Waals surface area contributed by atoms with Gasteiger partial charge in [-0.05, 0) is 38.1 Å².